The molecule has 4 aromatic rings. The minimum Gasteiger partial charge on any atom is -0.483 e. The molecule has 2 aliphatic rings. The van der Waals surface area contributed by atoms with Crippen molar-refractivity contribution in [3.8, 4) is 22.3 Å². The smallest absolute Gasteiger partial charge is 0.290 e. The van der Waals surface area contributed by atoms with Crippen LogP contribution in [0.3, 0.4) is 0 Å². The number of carboxylic acid groups (broad SMARTS) is 1. The number of amides is 2. The monoisotopic (exact) mass is 808 g/mol. The fraction of sp³-hybridized carbons (Fsp3) is 0.458. The molecule has 0 bridgehead atoms. The zero-order valence-corrected chi connectivity index (χ0v) is 36.9. The summed E-state index contributed by atoms with van der Waals surface area (Å²) in [5, 5.41) is 16.9. The second-order valence-electron chi connectivity index (χ2n) is 15.3. The highest BCUT2D eigenvalue weighted by Gasteiger charge is 2.32. The lowest BCUT2D eigenvalue weighted by Gasteiger charge is -2.36. The third-order valence-electron chi connectivity index (χ3n) is 11.0. The zero-order chi connectivity index (χ0) is 43.6. The Morgan fingerprint density at radius 2 is 1.53 bits per heavy atom. The van der Waals surface area contributed by atoms with Crippen molar-refractivity contribution in [1.82, 2.24) is 30.4 Å². The zero-order valence-electron chi connectivity index (χ0n) is 36.9. The lowest BCUT2D eigenvalue weighted by molar-refractivity contribution is -0.123. The van der Waals surface area contributed by atoms with E-state index in [1.54, 1.807) is 0 Å². The molecule has 11 heteroatoms. The third kappa shape index (κ3) is 12.8. The largest absolute Gasteiger partial charge is 0.483 e. The van der Waals surface area contributed by atoms with Crippen molar-refractivity contribution >= 4 is 35.5 Å². The average Bonchev–Trinajstić information content (AvgIpc) is 4.03. The van der Waals surface area contributed by atoms with Gasteiger partial charge in [-0.1, -0.05) is 97.2 Å². The number of benzene rings is 3. The fourth-order valence-corrected chi connectivity index (χ4v) is 7.64. The minimum absolute atomic E-state index is 0.0378. The number of anilines is 1. The summed E-state index contributed by atoms with van der Waals surface area (Å²) in [7, 11) is 2.02. The molecule has 6 rings (SSSR count). The molecule has 59 heavy (non-hydrogen) atoms. The van der Waals surface area contributed by atoms with Crippen molar-refractivity contribution < 1.29 is 19.5 Å². The predicted octanol–water partition coefficient (Wildman–Crippen LogP) is 9.68. The Balaban J connectivity index is 0.000000577. The van der Waals surface area contributed by atoms with E-state index in [0.717, 1.165) is 108 Å². The first-order chi connectivity index (χ1) is 28.4. The number of nitrogens with one attached hydrogen (secondary N) is 4. The Morgan fingerprint density at radius 3 is 2.10 bits per heavy atom. The highest BCUT2D eigenvalue weighted by atomic mass is 16.3. The number of fused-ring (bicyclic) bond motifs is 1. The van der Waals surface area contributed by atoms with E-state index >= 15 is 0 Å². The number of carbonyl (C=O) groups is 3. The van der Waals surface area contributed by atoms with Gasteiger partial charge in [0.25, 0.3) is 6.47 Å². The number of imidazole rings is 1. The Labute approximate surface area is 352 Å². The molecular weight excluding hydrogens is 739 g/mol. The van der Waals surface area contributed by atoms with Crippen LogP contribution in [-0.2, 0) is 14.4 Å². The molecule has 2 saturated heterocycles. The maximum absolute atomic E-state index is 11.5. The number of nitrogens with zero attached hydrogens (tertiary/aromatic N) is 3. The topological polar surface area (TPSA) is 143 Å². The Bertz CT molecular complexity index is 1970. The summed E-state index contributed by atoms with van der Waals surface area (Å²) in [6.45, 7) is 27.1. The Kier molecular flexibility index (Phi) is 19.4. The number of likely N-dealkylation sites (tertiary alicyclic amines) is 2. The number of aryl methyl sites for hydroxylation is 1. The summed E-state index contributed by atoms with van der Waals surface area (Å²) in [5.74, 6) is 1.48. The van der Waals surface area contributed by atoms with E-state index in [1.807, 2.05) is 39.6 Å². The van der Waals surface area contributed by atoms with E-state index in [2.05, 4.69) is 127 Å². The standard InChI is InChI=1S/C38H46N6O.C7H15NO.C2H6.CH2O2/c1-24(2)37(39-6)27(5)44-20-8-9-35(44)26(4)40-33-21-30(12-11-25(33)3)28-13-15-29(16-14-28)31-17-18-32-34(22-31)42-38(41-32)36-10-7-19-43(36)23-45;1-4-6(3)8-7(9)5-2;1-2;2-1-3/h11-18,21-24,35-37,39-40H,4-5,7-10,19-20H2,1-3,6H3,(H,41,42);6H,4-5H2,1-3H3,(H,8,9);1-2H3;1H,(H,2,3)/t35?,36-,37?;6-;;/m01../s1. The van der Waals surface area contributed by atoms with Gasteiger partial charge in [0.15, 0.2) is 0 Å². The molecule has 2 aliphatic heterocycles. The van der Waals surface area contributed by atoms with E-state index in [1.165, 1.54) is 5.56 Å². The van der Waals surface area contributed by atoms with Gasteiger partial charge >= 0.3 is 0 Å². The molecule has 11 nitrogen and oxygen atoms in total. The number of H-pyrrole nitrogens is 1. The minimum atomic E-state index is -0.250. The third-order valence-corrected chi connectivity index (χ3v) is 11.0. The molecule has 1 aromatic heterocycles. The van der Waals surface area contributed by atoms with Crippen molar-refractivity contribution in [3.63, 3.8) is 0 Å². The van der Waals surface area contributed by atoms with Crippen molar-refractivity contribution in [2.75, 3.05) is 25.5 Å². The molecule has 0 saturated carbocycles. The summed E-state index contributed by atoms with van der Waals surface area (Å²) in [4.78, 5) is 43.0. The van der Waals surface area contributed by atoms with Crippen LogP contribution in [0.5, 0.6) is 0 Å². The highest BCUT2D eigenvalue weighted by Crippen LogP contribution is 2.34. The van der Waals surface area contributed by atoms with Gasteiger partial charge in [-0.3, -0.25) is 14.4 Å². The van der Waals surface area contributed by atoms with Crippen LogP contribution >= 0.6 is 0 Å². The quantitative estimate of drug-likeness (QED) is 0.0794. The molecule has 0 radical (unpaired) electrons. The molecule has 0 spiro atoms. The van der Waals surface area contributed by atoms with Crippen LogP contribution < -0.4 is 16.0 Å². The van der Waals surface area contributed by atoms with E-state index in [9.17, 15) is 9.59 Å². The van der Waals surface area contributed by atoms with Gasteiger partial charge in [-0.15, -0.1) is 0 Å². The summed E-state index contributed by atoms with van der Waals surface area (Å²) in [6, 6.07) is 22.5. The van der Waals surface area contributed by atoms with E-state index in [-0.39, 0.29) is 30.5 Å². The first-order valence-corrected chi connectivity index (χ1v) is 21.3. The van der Waals surface area contributed by atoms with E-state index < -0.39 is 0 Å². The first kappa shape index (κ1) is 48.0. The summed E-state index contributed by atoms with van der Waals surface area (Å²) < 4.78 is 0. The van der Waals surface area contributed by atoms with Crippen LogP contribution in [0, 0.1) is 12.8 Å². The van der Waals surface area contributed by atoms with Crippen LogP contribution in [0.25, 0.3) is 33.3 Å². The summed E-state index contributed by atoms with van der Waals surface area (Å²) in [6.07, 6.45) is 6.70. The maximum Gasteiger partial charge on any atom is 0.290 e. The number of carbonyl (C=O) groups excluding carboxylic acids is 2. The van der Waals surface area contributed by atoms with Gasteiger partial charge in [-0.25, -0.2) is 4.98 Å². The van der Waals surface area contributed by atoms with Crippen molar-refractivity contribution in [1.29, 1.82) is 0 Å². The van der Waals surface area contributed by atoms with Crippen LogP contribution in [0.2, 0.25) is 0 Å². The summed E-state index contributed by atoms with van der Waals surface area (Å²) in [5.41, 5.74) is 11.0. The van der Waals surface area contributed by atoms with Crippen LogP contribution in [0.4, 0.5) is 5.69 Å². The summed E-state index contributed by atoms with van der Waals surface area (Å²) >= 11 is 0. The lowest BCUT2D eigenvalue weighted by Crippen LogP contribution is -2.43. The number of rotatable bonds is 14. The Hall–Kier alpha value is -5.42. The fourth-order valence-electron chi connectivity index (χ4n) is 7.64. The van der Waals surface area contributed by atoms with Crippen LogP contribution in [-0.4, -0.2) is 81.9 Å². The van der Waals surface area contributed by atoms with Crippen LogP contribution in [0.15, 0.2) is 85.2 Å². The van der Waals surface area contributed by atoms with Crippen molar-refractivity contribution in [2.45, 2.75) is 118 Å². The molecule has 5 N–H and O–H groups in total. The molecule has 2 unspecified atom stereocenters. The normalized spacial score (nSPS) is 16.7. The number of likely N-dealkylation sites (N-methyl/N-ethyl adjacent to an activating group) is 1. The van der Waals surface area contributed by atoms with Crippen molar-refractivity contribution in [3.05, 3.63) is 96.6 Å². The average molecular weight is 808 g/mol. The lowest BCUT2D eigenvalue weighted by atomic mass is 9.98. The predicted molar refractivity (Wildman–Crippen MR) is 244 cm³/mol. The Morgan fingerprint density at radius 1 is 0.932 bits per heavy atom. The first-order valence-electron chi connectivity index (χ1n) is 21.3. The number of hydrogen-bond donors (Lipinski definition) is 5. The number of aromatic amines is 1. The van der Waals surface area contributed by atoms with Crippen LogP contribution in [0.1, 0.15) is 104 Å². The van der Waals surface area contributed by atoms with E-state index in [4.69, 9.17) is 14.9 Å². The highest BCUT2D eigenvalue weighted by molar-refractivity contribution is 5.83. The molecule has 0 aliphatic carbocycles. The number of hydrogen-bond acceptors (Lipinski definition) is 7. The molecular formula is C48H69N7O4. The van der Waals surface area contributed by atoms with Gasteiger partial charge in [-0.2, -0.15) is 0 Å². The molecule has 3 aromatic carbocycles. The van der Waals surface area contributed by atoms with Crippen molar-refractivity contribution in [2.24, 2.45) is 5.92 Å². The van der Waals surface area contributed by atoms with Gasteiger partial charge in [-0.05, 0) is 105 Å². The molecule has 2 amide bonds. The van der Waals surface area contributed by atoms with Gasteiger partial charge in [0.1, 0.15) is 5.82 Å². The van der Waals surface area contributed by atoms with Gasteiger partial charge in [0, 0.05) is 48.7 Å². The second kappa shape index (κ2) is 23.9. The SMILES string of the molecule is C=C(Nc1cc(-c2ccc(-c3ccc4nc([C@@H]5CCCN5C=O)[nH]c4c3)cc2)ccc1C)C1CCCN1C(=C)C(NC)C(C)C.CC.CCC(=O)N[C@H](C)CC.O=CO. The molecule has 320 valence electrons. The molecule has 3 heterocycles. The maximum atomic E-state index is 11.5. The van der Waals surface area contributed by atoms with E-state index in [0.29, 0.717) is 18.4 Å². The number of aromatic nitrogens is 2. The van der Waals surface area contributed by atoms with Gasteiger partial charge in [0.05, 0.1) is 23.1 Å². The second-order valence-corrected chi connectivity index (χ2v) is 15.3. The molecule has 4 atom stereocenters. The van der Waals surface area contributed by atoms with Gasteiger partial charge < -0.3 is 35.8 Å². The van der Waals surface area contributed by atoms with Gasteiger partial charge in [0.2, 0.25) is 12.3 Å². The molecule has 2 fully saturated rings.